The minimum atomic E-state index is -3.48. The van der Waals surface area contributed by atoms with E-state index in [1.165, 1.54) is 18.5 Å². The number of nitrogens with one attached hydrogen (secondary N) is 1. The molecule has 0 saturated heterocycles. The second-order valence-electron chi connectivity index (χ2n) is 3.50. The van der Waals surface area contributed by atoms with E-state index in [9.17, 15) is 8.42 Å². The Balaban J connectivity index is 2.71. The van der Waals surface area contributed by atoms with Crippen LogP contribution in [0.3, 0.4) is 0 Å². The molecule has 0 aliphatic heterocycles. The van der Waals surface area contributed by atoms with Crippen LogP contribution in [0.1, 0.15) is 13.3 Å². The molecule has 0 fully saturated rings. The summed E-state index contributed by atoms with van der Waals surface area (Å²) in [5.41, 5.74) is 5.53. The van der Waals surface area contributed by atoms with Gasteiger partial charge < -0.3 is 5.73 Å². The Morgan fingerprint density at radius 2 is 2.25 bits per heavy atom. The second-order valence-corrected chi connectivity index (χ2v) is 6.19. The number of nitrogens with two attached hydrogens (primary N) is 1. The Kier molecular flexibility index (Phi) is 4.85. The Labute approximate surface area is 104 Å². The molecule has 0 amide bonds. The van der Waals surface area contributed by atoms with Gasteiger partial charge in [0, 0.05) is 29.5 Å². The molecule has 1 aromatic rings. The summed E-state index contributed by atoms with van der Waals surface area (Å²) < 4.78 is 26.6. The van der Waals surface area contributed by atoms with Gasteiger partial charge in [-0.1, -0.05) is 0 Å². The monoisotopic (exact) mass is 307 g/mol. The molecule has 3 N–H and O–H groups in total. The minimum Gasteiger partial charge on any atom is -0.328 e. The van der Waals surface area contributed by atoms with Gasteiger partial charge in [0.2, 0.25) is 10.0 Å². The maximum atomic E-state index is 11.8. The first-order chi connectivity index (χ1) is 7.42. The Morgan fingerprint density at radius 1 is 1.56 bits per heavy atom. The van der Waals surface area contributed by atoms with Crippen LogP contribution in [0.2, 0.25) is 0 Å². The molecule has 5 nitrogen and oxygen atoms in total. The fourth-order valence-electron chi connectivity index (χ4n) is 1.04. The summed E-state index contributed by atoms with van der Waals surface area (Å²) in [6, 6.07) is 1.48. The smallest absolute Gasteiger partial charge is 0.242 e. The fourth-order valence-corrected chi connectivity index (χ4v) is 2.59. The summed E-state index contributed by atoms with van der Waals surface area (Å²) in [5.74, 6) is 0. The molecule has 0 radical (unpaired) electrons. The van der Waals surface area contributed by atoms with E-state index in [4.69, 9.17) is 5.73 Å². The molecule has 90 valence electrons. The van der Waals surface area contributed by atoms with Crippen molar-refractivity contribution in [1.82, 2.24) is 9.71 Å². The predicted molar refractivity (Wildman–Crippen MR) is 65.4 cm³/mol. The predicted octanol–water partition coefficient (Wildman–Crippen LogP) is 0.860. The Morgan fingerprint density at radius 3 is 2.81 bits per heavy atom. The van der Waals surface area contributed by atoms with Gasteiger partial charge in [0.15, 0.2) is 0 Å². The number of hydrogen-bond acceptors (Lipinski definition) is 4. The summed E-state index contributed by atoms with van der Waals surface area (Å²) in [4.78, 5) is 3.95. The van der Waals surface area contributed by atoms with Crippen LogP contribution in [0.5, 0.6) is 0 Å². The molecule has 7 heteroatoms. The molecule has 0 aliphatic rings. The lowest BCUT2D eigenvalue weighted by Crippen LogP contribution is -2.29. The van der Waals surface area contributed by atoms with Crippen LogP contribution >= 0.6 is 15.9 Å². The van der Waals surface area contributed by atoms with Crippen LogP contribution in [0.25, 0.3) is 0 Å². The van der Waals surface area contributed by atoms with Crippen molar-refractivity contribution < 1.29 is 8.42 Å². The highest BCUT2D eigenvalue weighted by Gasteiger charge is 2.14. The lowest BCUT2D eigenvalue weighted by atomic mass is 10.3. The number of hydrogen-bond donors (Lipinski definition) is 2. The third-order valence-electron chi connectivity index (χ3n) is 1.88. The Bertz CT molecular complexity index is 448. The minimum absolute atomic E-state index is 0.0247. The molecule has 1 rings (SSSR count). The Hall–Kier alpha value is -0.500. The summed E-state index contributed by atoms with van der Waals surface area (Å²) >= 11 is 3.17. The quantitative estimate of drug-likeness (QED) is 0.845. The van der Waals surface area contributed by atoms with Gasteiger partial charge in [-0.05, 0) is 35.3 Å². The average molecular weight is 308 g/mol. The van der Waals surface area contributed by atoms with Crippen molar-refractivity contribution in [2.75, 3.05) is 6.54 Å². The molecular weight excluding hydrogens is 294 g/mol. The van der Waals surface area contributed by atoms with Crippen molar-refractivity contribution >= 4 is 26.0 Å². The lowest BCUT2D eigenvalue weighted by molar-refractivity contribution is 0.571. The van der Waals surface area contributed by atoms with E-state index < -0.39 is 10.0 Å². The first-order valence-electron chi connectivity index (χ1n) is 4.77. The van der Waals surface area contributed by atoms with Crippen molar-refractivity contribution in [3.63, 3.8) is 0 Å². The number of nitrogens with zero attached hydrogens (tertiary/aromatic N) is 1. The van der Waals surface area contributed by atoms with Crippen LogP contribution in [-0.2, 0) is 10.0 Å². The van der Waals surface area contributed by atoms with Gasteiger partial charge >= 0.3 is 0 Å². The normalized spacial score (nSPS) is 13.7. The molecule has 0 aromatic carbocycles. The zero-order valence-electron chi connectivity index (χ0n) is 8.85. The van der Waals surface area contributed by atoms with Crippen molar-refractivity contribution in [3.05, 3.63) is 22.9 Å². The van der Waals surface area contributed by atoms with Gasteiger partial charge in [0.1, 0.15) is 4.90 Å². The van der Waals surface area contributed by atoms with Crippen LogP contribution < -0.4 is 10.5 Å². The molecule has 1 aromatic heterocycles. The van der Waals surface area contributed by atoms with E-state index in [2.05, 4.69) is 25.6 Å². The number of pyridine rings is 1. The largest absolute Gasteiger partial charge is 0.328 e. The summed E-state index contributed by atoms with van der Waals surface area (Å²) in [6.07, 6.45) is 3.43. The molecular formula is C9H14BrN3O2S. The van der Waals surface area contributed by atoms with Crippen LogP contribution in [0.15, 0.2) is 27.8 Å². The highest BCUT2D eigenvalue weighted by atomic mass is 79.9. The highest BCUT2D eigenvalue weighted by Crippen LogP contribution is 2.13. The SMILES string of the molecule is CC(N)CCNS(=O)(=O)c1cncc(Br)c1. The van der Waals surface area contributed by atoms with E-state index in [1.54, 1.807) is 0 Å². The van der Waals surface area contributed by atoms with Gasteiger partial charge in [-0.15, -0.1) is 0 Å². The van der Waals surface area contributed by atoms with Gasteiger partial charge in [-0.2, -0.15) is 0 Å². The topological polar surface area (TPSA) is 85.1 Å². The molecule has 1 atom stereocenters. The molecule has 1 unspecified atom stereocenters. The highest BCUT2D eigenvalue weighted by molar-refractivity contribution is 9.10. The van der Waals surface area contributed by atoms with Crippen molar-refractivity contribution in [3.8, 4) is 0 Å². The standard InChI is InChI=1S/C9H14BrN3O2S/c1-7(11)2-3-13-16(14,15)9-4-8(10)5-12-6-9/h4-7,13H,2-3,11H2,1H3. The second kappa shape index (κ2) is 5.72. The van der Waals surface area contributed by atoms with Crippen molar-refractivity contribution in [2.24, 2.45) is 5.73 Å². The van der Waals surface area contributed by atoms with Crippen LogP contribution in [0, 0.1) is 0 Å². The molecule has 0 spiro atoms. The van der Waals surface area contributed by atoms with E-state index in [0.717, 1.165) is 0 Å². The fraction of sp³-hybridized carbons (Fsp3) is 0.444. The number of aromatic nitrogens is 1. The van der Waals surface area contributed by atoms with E-state index in [0.29, 0.717) is 17.4 Å². The van der Waals surface area contributed by atoms with Crippen LogP contribution in [-0.4, -0.2) is 26.0 Å². The third-order valence-corrected chi connectivity index (χ3v) is 3.74. The maximum absolute atomic E-state index is 11.8. The summed E-state index contributed by atoms with van der Waals surface area (Å²) in [6.45, 7) is 2.15. The van der Waals surface area contributed by atoms with Crippen molar-refractivity contribution in [2.45, 2.75) is 24.3 Å². The van der Waals surface area contributed by atoms with Gasteiger partial charge in [0.25, 0.3) is 0 Å². The average Bonchev–Trinajstić information content (AvgIpc) is 2.16. The van der Waals surface area contributed by atoms with Gasteiger partial charge in [0.05, 0.1) is 0 Å². The molecule has 0 saturated carbocycles. The first kappa shape index (κ1) is 13.6. The summed E-state index contributed by atoms with van der Waals surface area (Å²) in [7, 11) is -3.48. The van der Waals surface area contributed by atoms with E-state index in [1.807, 2.05) is 6.92 Å². The zero-order valence-corrected chi connectivity index (χ0v) is 11.3. The number of halogens is 1. The van der Waals surface area contributed by atoms with Gasteiger partial charge in [-0.3, -0.25) is 4.98 Å². The molecule has 1 heterocycles. The maximum Gasteiger partial charge on any atom is 0.242 e. The molecule has 0 aliphatic carbocycles. The van der Waals surface area contributed by atoms with E-state index >= 15 is 0 Å². The number of sulfonamides is 1. The molecule has 16 heavy (non-hydrogen) atoms. The first-order valence-corrected chi connectivity index (χ1v) is 7.05. The third kappa shape index (κ3) is 4.17. The van der Waals surface area contributed by atoms with Crippen molar-refractivity contribution in [1.29, 1.82) is 0 Å². The lowest BCUT2D eigenvalue weighted by Gasteiger charge is -2.08. The van der Waals surface area contributed by atoms with E-state index in [-0.39, 0.29) is 10.9 Å². The van der Waals surface area contributed by atoms with Gasteiger partial charge in [-0.25, -0.2) is 13.1 Å². The summed E-state index contributed by atoms with van der Waals surface area (Å²) in [5, 5.41) is 0. The number of rotatable bonds is 5. The van der Waals surface area contributed by atoms with Crippen LogP contribution in [0.4, 0.5) is 0 Å². The molecule has 0 bridgehead atoms. The zero-order chi connectivity index (χ0) is 12.2.